The van der Waals surface area contributed by atoms with Crippen LogP contribution in [-0.4, -0.2) is 23.4 Å². The Bertz CT molecular complexity index is 399. The first kappa shape index (κ1) is 12.0. The second-order valence-electron chi connectivity index (χ2n) is 5.10. The number of amides is 1. The van der Waals surface area contributed by atoms with Gasteiger partial charge in [0.25, 0.3) is 5.91 Å². The van der Waals surface area contributed by atoms with Gasteiger partial charge in [-0.25, -0.2) is 0 Å². The fourth-order valence-electron chi connectivity index (χ4n) is 2.50. The lowest BCUT2D eigenvalue weighted by Gasteiger charge is -2.36. The summed E-state index contributed by atoms with van der Waals surface area (Å²) in [5.74, 6) is 0.852. The Kier molecular flexibility index (Phi) is 3.36. The summed E-state index contributed by atoms with van der Waals surface area (Å²) in [6.07, 6.45) is 2.20. The Morgan fingerprint density at radius 1 is 1.29 bits per heavy atom. The molecule has 0 saturated carbocycles. The van der Waals surface area contributed by atoms with E-state index in [9.17, 15) is 4.79 Å². The Labute approximate surface area is 103 Å². The van der Waals surface area contributed by atoms with Crippen LogP contribution in [0.4, 0.5) is 5.69 Å². The van der Waals surface area contributed by atoms with Gasteiger partial charge in [-0.3, -0.25) is 4.79 Å². The van der Waals surface area contributed by atoms with Crippen molar-refractivity contribution < 1.29 is 4.79 Å². The molecule has 2 rings (SSSR count). The van der Waals surface area contributed by atoms with E-state index in [1.54, 1.807) is 12.1 Å². The van der Waals surface area contributed by atoms with Crippen molar-refractivity contribution in [1.29, 1.82) is 0 Å². The maximum Gasteiger partial charge on any atom is 0.254 e. The van der Waals surface area contributed by atoms with Gasteiger partial charge in [0.1, 0.15) is 0 Å². The average molecular weight is 232 g/mol. The number of nitrogens with zero attached hydrogens (tertiary/aromatic N) is 1. The molecule has 1 aromatic rings. The molecule has 3 nitrogen and oxygen atoms in total. The van der Waals surface area contributed by atoms with Gasteiger partial charge in [0, 0.05) is 23.8 Å². The molecule has 2 N–H and O–H groups in total. The largest absolute Gasteiger partial charge is 0.399 e. The van der Waals surface area contributed by atoms with E-state index in [1.165, 1.54) is 0 Å². The Balaban J connectivity index is 2.12. The molecule has 3 heteroatoms. The first-order chi connectivity index (χ1) is 8.08. The highest BCUT2D eigenvalue weighted by Gasteiger charge is 2.27. The van der Waals surface area contributed by atoms with Gasteiger partial charge >= 0.3 is 0 Å². The lowest BCUT2D eigenvalue weighted by Crippen LogP contribution is -2.44. The fraction of sp³-hybridized carbons (Fsp3) is 0.500. The van der Waals surface area contributed by atoms with E-state index in [-0.39, 0.29) is 5.91 Å². The summed E-state index contributed by atoms with van der Waals surface area (Å²) >= 11 is 0. The minimum atomic E-state index is 0.129. The van der Waals surface area contributed by atoms with E-state index in [0.717, 1.165) is 30.9 Å². The van der Waals surface area contributed by atoms with E-state index < -0.39 is 0 Å². The third-order valence-electron chi connectivity index (χ3n) is 3.56. The SMILES string of the molecule is CC1CCN(C(=O)c2ccc(N)cc2)C(C)C1. The van der Waals surface area contributed by atoms with Gasteiger partial charge in [0.15, 0.2) is 0 Å². The third-order valence-corrected chi connectivity index (χ3v) is 3.56. The van der Waals surface area contributed by atoms with E-state index >= 15 is 0 Å². The van der Waals surface area contributed by atoms with Crippen LogP contribution in [0.3, 0.4) is 0 Å². The van der Waals surface area contributed by atoms with Crippen molar-refractivity contribution in [3.8, 4) is 0 Å². The zero-order valence-corrected chi connectivity index (χ0v) is 10.5. The number of anilines is 1. The fourth-order valence-corrected chi connectivity index (χ4v) is 2.50. The number of nitrogen functional groups attached to an aromatic ring is 1. The number of nitrogens with two attached hydrogens (primary N) is 1. The maximum absolute atomic E-state index is 12.3. The average Bonchev–Trinajstić information content (AvgIpc) is 2.29. The van der Waals surface area contributed by atoms with Crippen molar-refractivity contribution in [2.75, 3.05) is 12.3 Å². The van der Waals surface area contributed by atoms with Gasteiger partial charge in [0.05, 0.1) is 0 Å². The molecule has 1 saturated heterocycles. The Morgan fingerprint density at radius 2 is 1.94 bits per heavy atom. The van der Waals surface area contributed by atoms with E-state index in [2.05, 4.69) is 13.8 Å². The lowest BCUT2D eigenvalue weighted by atomic mass is 9.93. The van der Waals surface area contributed by atoms with Crippen molar-refractivity contribution in [2.45, 2.75) is 32.7 Å². The smallest absolute Gasteiger partial charge is 0.254 e. The molecule has 2 atom stereocenters. The number of hydrogen-bond acceptors (Lipinski definition) is 2. The molecule has 0 radical (unpaired) electrons. The minimum Gasteiger partial charge on any atom is -0.399 e. The van der Waals surface area contributed by atoms with Crippen LogP contribution in [0.1, 0.15) is 37.0 Å². The Hall–Kier alpha value is -1.51. The first-order valence-corrected chi connectivity index (χ1v) is 6.24. The second-order valence-corrected chi connectivity index (χ2v) is 5.10. The highest BCUT2D eigenvalue weighted by Crippen LogP contribution is 2.23. The van der Waals surface area contributed by atoms with Crippen molar-refractivity contribution in [3.05, 3.63) is 29.8 Å². The maximum atomic E-state index is 12.3. The van der Waals surface area contributed by atoms with Crippen molar-refractivity contribution in [1.82, 2.24) is 4.90 Å². The molecular formula is C14H20N2O. The van der Waals surface area contributed by atoms with Crippen LogP contribution >= 0.6 is 0 Å². The second kappa shape index (κ2) is 4.78. The number of likely N-dealkylation sites (tertiary alicyclic amines) is 1. The summed E-state index contributed by atoms with van der Waals surface area (Å²) in [5.41, 5.74) is 7.06. The number of benzene rings is 1. The molecule has 17 heavy (non-hydrogen) atoms. The van der Waals surface area contributed by atoms with E-state index in [1.807, 2.05) is 17.0 Å². The molecule has 1 aromatic carbocycles. The first-order valence-electron chi connectivity index (χ1n) is 6.24. The molecule has 1 fully saturated rings. The molecular weight excluding hydrogens is 212 g/mol. The highest BCUT2D eigenvalue weighted by molar-refractivity contribution is 5.94. The van der Waals surface area contributed by atoms with Crippen LogP contribution in [-0.2, 0) is 0 Å². The number of piperidine rings is 1. The minimum absolute atomic E-state index is 0.129. The molecule has 0 spiro atoms. The lowest BCUT2D eigenvalue weighted by molar-refractivity contribution is 0.0588. The molecule has 1 aliphatic heterocycles. The summed E-state index contributed by atoms with van der Waals surface area (Å²) in [5, 5.41) is 0. The van der Waals surface area contributed by atoms with Crippen LogP contribution in [0.2, 0.25) is 0 Å². The van der Waals surface area contributed by atoms with Crippen molar-refractivity contribution >= 4 is 11.6 Å². The predicted molar refractivity (Wildman–Crippen MR) is 69.8 cm³/mol. The molecule has 1 amide bonds. The molecule has 1 heterocycles. The summed E-state index contributed by atoms with van der Waals surface area (Å²) in [4.78, 5) is 14.3. The monoisotopic (exact) mass is 232 g/mol. The van der Waals surface area contributed by atoms with Crippen LogP contribution in [0.5, 0.6) is 0 Å². The topological polar surface area (TPSA) is 46.3 Å². The van der Waals surface area contributed by atoms with Crippen LogP contribution in [0.25, 0.3) is 0 Å². The van der Waals surface area contributed by atoms with Gasteiger partial charge in [-0.1, -0.05) is 6.92 Å². The van der Waals surface area contributed by atoms with Crippen molar-refractivity contribution in [3.63, 3.8) is 0 Å². The number of carbonyl (C=O) groups is 1. The van der Waals surface area contributed by atoms with Crippen LogP contribution in [0, 0.1) is 5.92 Å². The van der Waals surface area contributed by atoms with E-state index in [4.69, 9.17) is 5.73 Å². The molecule has 0 aliphatic carbocycles. The summed E-state index contributed by atoms with van der Waals surface area (Å²) in [6, 6.07) is 7.52. The Morgan fingerprint density at radius 3 is 2.53 bits per heavy atom. The van der Waals surface area contributed by atoms with Gasteiger partial charge in [0.2, 0.25) is 0 Å². The standard InChI is InChI=1S/C14H20N2O/c1-10-7-8-16(11(2)9-10)14(17)12-3-5-13(15)6-4-12/h3-6,10-11H,7-9,15H2,1-2H3. The van der Waals surface area contributed by atoms with Gasteiger partial charge < -0.3 is 10.6 Å². The molecule has 1 aliphatic rings. The van der Waals surface area contributed by atoms with Gasteiger partial charge in [-0.15, -0.1) is 0 Å². The molecule has 0 aromatic heterocycles. The quantitative estimate of drug-likeness (QED) is 0.756. The number of hydrogen-bond donors (Lipinski definition) is 1. The zero-order valence-electron chi connectivity index (χ0n) is 10.5. The number of rotatable bonds is 1. The summed E-state index contributed by atoms with van der Waals surface area (Å²) < 4.78 is 0. The van der Waals surface area contributed by atoms with Crippen LogP contribution < -0.4 is 5.73 Å². The van der Waals surface area contributed by atoms with E-state index in [0.29, 0.717) is 11.7 Å². The number of carbonyl (C=O) groups excluding carboxylic acids is 1. The summed E-state index contributed by atoms with van der Waals surface area (Å²) in [6.45, 7) is 5.25. The van der Waals surface area contributed by atoms with Crippen LogP contribution in [0.15, 0.2) is 24.3 Å². The van der Waals surface area contributed by atoms with Crippen molar-refractivity contribution in [2.24, 2.45) is 5.92 Å². The predicted octanol–water partition coefficient (Wildman–Crippen LogP) is 2.53. The normalized spacial score (nSPS) is 24.7. The molecule has 92 valence electrons. The van der Waals surface area contributed by atoms with Gasteiger partial charge in [-0.2, -0.15) is 0 Å². The highest BCUT2D eigenvalue weighted by atomic mass is 16.2. The third kappa shape index (κ3) is 2.60. The van der Waals surface area contributed by atoms with Gasteiger partial charge in [-0.05, 0) is 49.9 Å². The zero-order chi connectivity index (χ0) is 12.4. The molecule has 2 unspecified atom stereocenters. The molecule has 0 bridgehead atoms. The summed E-state index contributed by atoms with van der Waals surface area (Å²) in [7, 11) is 0.